The van der Waals surface area contributed by atoms with Crippen LogP contribution in [-0.4, -0.2) is 30.9 Å². The Morgan fingerprint density at radius 1 is 1.27 bits per heavy atom. The Morgan fingerprint density at radius 3 is 2.73 bits per heavy atom. The molecule has 6 nitrogen and oxygen atoms in total. The number of thiophene rings is 1. The van der Waals surface area contributed by atoms with Gasteiger partial charge in [-0.15, -0.1) is 11.3 Å². The largest absolute Gasteiger partial charge is 0.494 e. The van der Waals surface area contributed by atoms with Crippen molar-refractivity contribution >= 4 is 21.2 Å². The van der Waals surface area contributed by atoms with Crippen LogP contribution in [0.1, 0.15) is 24.5 Å². The smallest absolute Gasteiger partial charge is 0.245 e. The Labute approximate surface area is 154 Å². The third kappa shape index (κ3) is 4.47. The quantitative estimate of drug-likeness (QED) is 0.538. The molecule has 3 aromatic rings. The molecule has 0 aliphatic carbocycles. The lowest BCUT2D eigenvalue weighted by Gasteiger charge is -2.09. The van der Waals surface area contributed by atoms with E-state index < -0.39 is 15.1 Å². The van der Waals surface area contributed by atoms with Gasteiger partial charge >= 0.3 is 0 Å². The van der Waals surface area contributed by atoms with Crippen molar-refractivity contribution in [2.24, 2.45) is 0 Å². The van der Waals surface area contributed by atoms with Crippen LogP contribution in [0.4, 0.5) is 4.39 Å². The molecule has 3 rings (SSSR count). The van der Waals surface area contributed by atoms with Crippen molar-refractivity contribution in [1.29, 1.82) is 0 Å². The third-order valence-electron chi connectivity index (χ3n) is 3.73. The molecule has 0 spiro atoms. The van der Waals surface area contributed by atoms with Crippen molar-refractivity contribution < 1.29 is 22.1 Å². The van der Waals surface area contributed by atoms with Gasteiger partial charge in [0.1, 0.15) is 16.8 Å². The number of sulfone groups is 1. The van der Waals surface area contributed by atoms with Gasteiger partial charge in [0.15, 0.2) is 9.84 Å². The fourth-order valence-corrected chi connectivity index (χ4v) is 4.14. The van der Waals surface area contributed by atoms with Gasteiger partial charge in [-0.05, 0) is 49.1 Å². The molecule has 0 aliphatic rings. The van der Waals surface area contributed by atoms with Crippen molar-refractivity contribution in [3.8, 4) is 16.5 Å². The van der Waals surface area contributed by atoms with Gasteiger partial charge in [0.05, 0.1) is 17.2 Å². The summed E-state index contributed by atoms with van der Waals surface area (Å²) in [6.07, 6.45) is 0.302. The second-order valence-corrected chi connectivity index (χ2v) is 8.99. The number of benzene rings is 1. The minimum Gasteiger partial charge on any atom is -0.494 e. The number of hydrogen-bond acceptors (Lipinski definition) is 7. The molecule has 0 saturated heterocycles. The number of aromatic nitrogens is 2. The Hall–Kier alpha value is -2.26. The normalized spacial score (nSPS) is 12.8. The van der Waals surface area contributed by atoms with E-state index in [4.69, 9.17) is 9.26 Å². The van der Waals surface area contributed by atoms with Crippen LogP contribution in [0.15, 0.2) is 46.3 Å². The first-order valence-corrected chi connectivity index (χ1v) is 10.5. The molecule has 0 fully saturated rings. The van der Waals surface area contributed by atoms with Crippen molar-refractivity contribution in [3.63, 3.8) is 0 Å². The molecule has 0 saturated carbocycles. The lowest BCUT2D eigenvalue weighted by atomic mass is 10.3. The van der Waals surface area contributed by atoms with Crippen molar-refractivity contribution in [1.82, 2.24) is 10.1 Å². The first-order chi connectivity index (χ1) is 12.5. The highest BCUT2D eigenvalue weighted by Crippen LogP contribution is 2.26. The van der Waals surface area contributed by atoms with Crippen molar-refractivity contribution in [2.45, 2.75) is 18.6 Å². The zero-order chi connectivity index (χ0) is 18.6. The van der Waals surface area contributed by atoms with Gasteiger partial charge in [-0.25, -0.2) is 12.8 Å². The highest BCUT2D eigenvalue weighted by Gasteiger charge is 2.28. The van der Waals surface area contributed by atoms with Gasteiger partial charge in [-0.3, -0.25) is 0 Å². The topological polar surface area (TPSA) is 82.3 Å². The van der Waals surface area contributed by atoms with E-state index in [1.165, 1.54) is 42.5 Å². The van der Waals surface area contributed by atoms with Gasteiger partial charge in [-0.1, -0.05) is 11.2 Å². The van der Waals surface area contributed by atoms with Crippen LogP contribution in [-0.2, 0) is 9.84 Å². The van der Waals surface area contributed by atoms with Crippen LogP contribution in [0, 0.1) is 5.82 Å². The maximum atomic E-state index is 12.8. The maximum absolute atomic E-state index is 12.8. The zero-order valence-electron chi connectivity index (χ0n) is 14.0. The summed E-state index contributed by atoms with van der Waals surface area (Å²) < 4.78 is 48.3. The summed E-state index contributed by atoms with van der Waals surface area (Å²) >= 11 is 1.45. The van der Waals surface area contributed by atoms with E-state index in [1.807, 2.05) is 17.5 Å². The van der Waals surface area contributed by atoms with Gasteiger partial charge in [0.2, 0.25) is 11.7 Å². The van der Waals surface area contributed by atoms with Crippen molar-refractivity contribution in [3.05, 3.63) is 53.5 Å². The molecular weight excluding hydrogens is 379 g/mol. The molecule has 1 atom stereocenters. The molecule has 0 bridgehead atoms. The Morgan fingerprint density at radius 2 is 2.04 bits per heavy atom. The number of ether oxygens (including phenoxy) is 1. The lowest BCUT2D eigenvalue weighted by Crippen LogP contribution is -2.16. The van der Waals surface area contributed by atoms with E-state index in [0.717, 1.165) is 4.88 Å². The average Bonchev–Trinajstić information content (AvgIpc) is 3.30. The summed E-state index contributed by atoms with van der Waals surface area (Å²) in [6, 6.07) is 9.26. The van der Waals surface area contributed by atoms with E-state index in [1.54, 1.807) is 0 Å². The highest BCUT2D eigenvalue weighted by atomic mass is 32.2. The molecular formula is C17H17FN2O4S2. The summed E-state index contributed by atoms with van der Waals surface area (Å²) in [5.41, 5.74) is 0. The van der Waals surface area contributed by atoms with E-state index >= 15 is 0 Å². The lowest BCUT2D eigenvalue weighted by molar-refractivity contribution is 0.317. The summed E-state index contributed by atoms with van der Waals surface area (Å²) in [4.78, 5) is 5.01. The monoisotopic (exact) mass is 396 g/mol. The SMILES string of the molecule is CC(c1nc(-c2cccs2)no1)S(=O)(=O)CCCOc1ccc(F)cc1. The number of rotatable bonds is 8. The summed E-state index contributed by atoms with van der Waals surface area (Å²) in [7, 11) is -3.46. The zero-order valence-corrected chi connectivity index (χ0v) is 15.6. The molecule has 2 aromatic heterocycles. The maximum Gasteiger partial charge on any atom is 0.245 e. The van der Waals surface area contributed by atoms with Crippen molar-refractivity contribution in [2.75, 3.05) is 12.4 Å². The number of nitrogens with zero attached hydrogens (tertiary/aromatic N) is 2. The first kappa shape index (κ1) is 18.5. The van der Waals surface area contributed by atoms with Gasteiger partial charge in [0, 0.05) is 0 Å². The molecule has 26 heavy (non-hydrogen) atoms. The Bertz CT molecular complexity index is 938. The van der Waals surface area contributed by atoms with Crippen LogP contribution in [0.2, 0.25) is 0 Å². The second kappa shape index (κ2) is 7.96. The van der Waals surface area contributed by atoms with Crippen LogP contribution in [0.25, 0.3) is 10.7 Å². The predicted molar refractivity (Wildman–Crippen MR) is 96.3 cm³/mol. The van der Waals surface area contributed by atoms with Gasteiger partial charge in [-0.2, -0.15) is 4.98 Å². The average molecular weight is 396 g/mol. The van der Waals surface area contributed by atoms with Crippen LogP contribution >= 0.6 is 11.3 Å². The second-order valence-electron chi connectivity index (χ2n) is 5.60. The standard InChI is InChI=1S/C17H17FN2O4S2/c1-12(17-19-16(20-24-17)15-4-2-10-25-15)26(21,22)11-3-9-23-14-7-5-13(18)6-8-14/h2,4-8,10,12H,3,9,11H2,1H3. The van der Waals surface area contributed by atoms with Gasteiger partial charge < -0.3 is 9.26 Å². The van der Waals surface area contributed by atoms with Crippen LogP contribution in [0.5, 0.6) is 5.75 Å². The van der Waals surface area contributed by atoms with Gasteiger partial charge in [0.25, 0.3) is 0 Å². The minimum atomic E-state index is -3.46. The molecule has 1 unspecified atom stereocenters. The number of halogens is 1. The summed E-state index contributed by atoms with van der Waals surface area (Å²) in [5.74, 6) is 0.528. The molecule has 9 heteroatoms. The fraction of sp³-hybridized carbons (Fsp3) is 0.294. The predicted octanol–water partition coefficient (Wildman–Crippen LogP) is 3.88. The Kier molecular flexibility index (Phi) is 5.67. The molecule has 2 heterocycles. The molecule has 138 valence electrons. The molecule has 0 radical (unpaired) electrons. The highest BCUT2D eigenvalue weighted by molar-refractivity contribution is 7.91. The van der Waals surface area contributed by atoms with Crippen LogP contribution < -0.4 is 4.74 Å². The number of hydrogen-bond donors (Lipinski definition) is 0. The molecule has 1 aromatic carbocycles. The third-order valence-corrected chi connectivity index (χ3v) is 6.73. The first-order valence-electron chi connectivity index (χ1n) is 7.93. The minimum absolute atomic E-state index is 0.0767. The molecule has 0 aliphatic heterocycles. The Balaban J connectivity index is 1.54. The molecule has 0 N–H and O–H groups in total. The summed E-state index contributed by atoms with van der Waals surface area (Å²) in [5, 5.41) is 4.83. The summed E-state index contributed by atoms with van der Waals surface area (Å²) in [6.45, 7) is 1.74. The van der Waals surface area contributed by atoms with E-state index in [9.17, 15) is 12.8 Å². The van der Waals surface area contributed by atoms with E-state index in [2.05, 4.69) is 10.1 Å². The van der Waals surface area contributed by atoms with E-state index in [0.29, 0.717) is 18.0 Å². The van der Waals surface area contributed by atoms with E-state index in [-0.39, 0.29) is 24.1 Å². The fourth-order valence-electron chi connectivity index (χ4n) is 2.22. The van der Waals surface area contributed by atoms with Crippen LogP contribution in [0.3, 0.4) is 0 Å². The molecule has 0 amide bonds.